The van der Waals surface area contributed by atoms with Gasteiger partial charge in [-0.05, 0) is 43.7 Å². The minimum absolute atomic E-state index is 0.0739. The fourth-order valence-corrected chi connectivity index (χ4v) is 2.24. The average molecular weight is 338 g/mol. The van der Waals surface area contributed by atoms with E-state index in [1.807, 2.05) is 31.2 Å². The largest absolute Gasteiger partial charge is 0.449 e. The van der Waals surface area contributed by atoms with E-state index in [9.17, 15) is 4.79 Å². The maximum absolute atomic E-state index is 12.2. The van der Waals surface area contributed by atoms with Crippen LogP contribution in [0.25, 0.3) is 11.5 Å². The van der Waals surface area contributed by atoms with E-state index in [0.29, 0.717) is 11.5 Å². The molecular formula is C19H18N2O4. The monoisotopic (exact) mass is 338 g/mol. The summed E-state index contributed by atoms with van der Waals surface area (Å²) in [6.45, 7) is 3.60. The molecule has 128 valence electrons. The third kappa shape index (κ3) is 3.92. The van der Waals surface area contributed by atoms with Gasteiger partial charge in [0.25, 0.3) is 5.89 Å². The van der Waals surface area contributed by atoms with Crippen LogP contribution in [0.1, 0.15) is 40.4 Å². The molecule has 0 fully saturated rings. The van der Waals surface area contributed by atoms with Crippen molar-refractivity contribution in [3.8, 4) is 11.5 Å². The van der Waals surface area contributed by atoms with Crippen molar-refractivity contribution < 1.29 is 19.1 Å². The van der Waals surface area contributed by atoms with Crippen molar-refractivity contribution >= 4 is 5.97 Å². The molecule has 3 rings (SSSR count). The van der Waals surface area contributed by atoms with Crippen molar-refractivity contribution in [1.82, 2.24) is 10.2 Å². The number of hydrogen-bond acceptors (Lipinski definition) is 6. The van der Waals surface area contributed by atoms with Crippen LogP contribution in [-0.2, 0) is 11.3 Å². The van der Waals surface area contributed by atoms with Gasteiger partial charge >= 0.3 is 5.97 Å². The Kier molecular flexibility index (Phi) is 4.90. The first-order valence-corrected chi connectivity index (χ1v) is 7.88. The van der Waals surface area contributed by atoms with Crippen LogP contribution >= 0.6 is 0 Å². The molecule has 0 saturated carbocycles. The molecule has 6 heteroatoms. The summed E-state index contributed by atoms with van der Waals surface area (Å²) in [4.78, 5) is 12.2. The summed E-state index contributed by atoms with van der Waals surface area (Å²) in [5.41, 5.74) is 3.06. The number of esters is 1. The van der Waals surface area contributed by atoms with E-state index in [0.717, 1.165) is 16.7 Å². The number of carbonyl (C=O) groups is 1. The molecule has 1 aromatic heterocycles. The first-order valence-electron chi connectivity index (χ1n) is 7.88. The number of aromatic nitrogens is 2. The second kappa shape index (κ2) is 7.27. The van der Waals surface area contributed by atoms with Crippen molar-refractivity contribution in [2.75, 3.05) is 0 Å². The first kappa shape index (κ1) is 16.9. The highest BCUT2D eigenvalue weighted by Gasteiger charge is 2.20. The molecule has 2 aromatic carbocycles. The second-order valence-corrected chi connectivity index (χ2v) is 5.71. The number of nitrogens with zero attached hydrogens (tertiary/aromatic N) is 2. The zero-order valence-corrected chi connectivity index (χ0v) is 14.0. The lowest BCUT2D eigenvalue weighted by Crippen LogP contribution is -2.09. The normalized spacial score (nSPS) is 12.0. The van der Waals surface area contributed by atoms with Crippen molar-refractivity contribution in [1.29, 1.82) is 0 Å². The summed E-state index contributed by atoms with van der Waals surface area (Å²) >= 11 is 0. The topological polar surface area (TPSA) is 85.5 Å². The molecule has 1 N–H and O–H groups in total. The standard InChI is InChI=1S/C19H18N2O4/c1-12-3-7-15(8-4-12)18-21-20-17(25-18)13(2)24-19(23)16-9-5-14(11-22)6-10-16/h3-10,13,22H,11H2,1-2H3/t13-/m1/s1. The van der Waals surface area contributed by atoms with Gasteiger partial charge in [0, 0.05) is 5.56 Å². The Bertz CT molecular complexity index is 854. The summed E-state index contributed by atoms with van der Waals surface area (Å²) in [5.74, 6) is 0.119. The Morgan fingerprint density at radius 3 is 2.44 bits per heavy atom. The number of rotatable bonds is 5. The van der Waals surface area contributed by atoms with Gasteiger partial charge in [-0.1, -0.05) is 29.8 Å². The van der Waals surface area contributed by atoms with E-state index in [4.69, 9.17) is 14.3 Å². The van der Waals surface area contributed by atoms with Gasteiger partial charge in [0.1, 0.15) is 0 Å². The van der Waals surface area contributed by atoms with Crippen LogP contribution in [0.15, 0.2) is 52.9 Å². The highest BCUT2D eigenvalue weighted by Crippen LogP contribution is 2.23. The van der Waals surface area contributed by atoms with Crippen molar-refractivity contribution in [3.63, 3.8) is 0 Å². The summed E-state index contributed by atoms with van der Waals surface area (Å²) < 4.78 is 11.0. The van der Waals surface area contributed by atoms with E-state index in [1.165, 1.54) is 0 Å². The van der Waals surface area contributed by atoms with Gasteiger partial charge in [-0.2, -0.15) is 0 Å². The molecule has 25 heavy (non-hydrogen) atoms. The SMILES string of the molecule is Cc1ccc(-c2nnc([C@@H](C)OC(=O)c3ccc(CO)cc3)o2)cc1. The minimum atomic E-state index is -0.670. The molecule has 1 atom stereocenters. The van der Waals surface area contributed by atoms with Crippen molar-refractivity contribution in [2.24, 2.45) is 0 Å². The molecular weight excluding hydrogens is 320 g/mol. The Hall–Kier alpha value is -2.99. The molecule has 0 saturated heterocycles. The first-order chi connectivity index (χ1) is 12.1. The molecule has 0 unspecified atom stereocenters. The number of ether oxygens (including phenoxy) is 1. The van der Waals surface area contributed by atoms with Gasteiger partial charge in [-0.3, -0.25) is 0 Å². The van der Waals surface area contributed by atoms with Crippen LogP contribution in [0.4, 0.5) is 0 Å². The van der Waals surface area contributed by atoms with Gasteiger partial charge in [0.2, 0.25) is 5.89 Å². The fourth-order valence-electron chi connectivity index (χ4n) is 2.24. The number of aryl methyl sites for hydroxylation is 1. The van der Waals surface area contributed by atoms with Crippen LogP contribution in [0.5, 0.6) is 0 Å². The molecule has 0 aliphatic carbocycles. The van der Waals surface area contributed by atoms with Gasteiger partial charge in [0.05, 0.1) is 12.2 Å². The zero-order chi connectivity index (χ0) is 17.8. The Morgan fingerprint density at radius 2 is 1.80 bits per heavy atom. The van der Waals surface area contributed by atoms with E-state index in [2.05, 4.69) is 10.2 Å². The predicted octanol–water partition coefficient (Wildman–Crippen LogP) is 3.46. The van der Waals surface area contributed by atoms with Crippen molar-refractivity contribution in [3.05, 3.63) is 71.1 Å². The van der Waals surface area contributed by atoms with Crippen LogP contribution in [0, 0.1) is 6.92 Å². The number of aliphatic hydroxyl groups excluding tert-OH is 1. The third-order valence-electron chi connectivity index (χ3n) is 3.74. The smallest absolute Gasteiger partial charge is 0.338 e. The van der Waals surface area contributed by atoms with E-state index < -0.39 is 12.1 Å². The van der Waals surface area contributed by atoms with Gasteiger partial charge in [-0.25, -0.2) is 4.79 Å². The molecule has 6 nitrogen and oxygen atoms in total. The molecule has 0 radical (unpaired) electrons. The maximum Gasteiger partial charge on any atom is 0.338 e. The summed E-state index contributed by atoms with van der Waals surface area (Å²) in [5, 5.41) is 17.0. The highest BCUT2D eigenvalue weighted by atomic mass is 16.6. The fraction of sp³-hybridized carbons (Fsp3) is 0.211. The second-order valence-electron chi connectivity index (χ2n) is 5.71. The molecule has 0 spiro atoms. The summed E-state index contributed by atoms with van der Waals surface area (Å²) in [6, 6.07) is 14.3. The lowest BCUT2D eigenvalue weighted by molar-refractivity contribution is 0.0280. The predicted molar refractivity (Wildman–Crippen MR) is 90.7 cm³/mol. The summed E-state index contributed by atoms with van der Waals surface area (Å²) in [7, 11) is 0. The zero-order valence-electron chi connectivity index (χ0n) is 14.0. The van der Waals surface area contributed by atoms with Crippen LogP contribution in [0.3, 0.4) is 0 Å². The van der Waals surface area contributed by atoms with E-state index in [1.54, 1.807) is 31.2 Å². The minimum Gasteiger partial charge on any atom is -0.449 e. The summed E-state index contributed by atoms with van der Waals surface area (Å²) in [6.07, 6.45) is -0.670. The van der Waals surface area contributed by atoms with Crippen LogP contribution < -0.4 is 0 Å². The highest BCUT2D eigenvalue weighted by molar-refractivity contribution is 5.89. The quantitative estimate of drug-likeness (QED) is 0.717. The molecule has 0 aliphatic rings. The molecule has 1 heterocycles. The Labute approximate surface area is 145 Å². The van der Waals surface area contributed by atoms with Gasteiger partial charge < -0.3 is 14.3 Å². The molecule has 0 amide bonds. The third-order valence-corrected chi connectivity index (χ3v) is 3.74. The number of aliphatic hydroxyl groups is 1. The lowest BCUT2D eigenvalue weighted by Gasteiger charge is -2.09. The number of hydrogen-bond donors (Lipinski definition) is 1. The van der Waals surface area contributed by atoms with Crippen LogP contribution in [-0.4, -0.2) is 21.3 Å². The number of benzene rings is 2. The van der Waals surface area contributed by atoms with Gasteiger partial charge in [-0.15, -0.1) is 10.2 Å². The average Bonchev–Trinajstić information content (AvgIpc) is 3.12. The lowest BCUT2D eigenvalue weighted by atomic mass is 10.1. The van der Waals surface area contributed by atoms with Crippen LogP contribution in [0.2, 0.25) is 0 Å². The maximum atomic E-state index is 12.2. The Morgan fingerprint density at radius 1 is 1.12 bits per heavy atom. The van der Waals surface area contributed by atoms with Crippen molar-refractivity contribution in [2.45, 2.75) is 26.6 Å². The molecule has 0 aliphatic heterocycles. The Balaban J connectivity index is 1.69. The molecule has 0 bridgehead atoms. The van der Waals surface area contributed by atoms with E-state index >= 15 is 0 Å². The van der Waals surface area contributed by atoms with E-state index in [-0.39, 0.29) is 12.5 Å². The molecule has 3 aromatic rings. The van der Waals surface area contributed by atoms with Gasteiger partial charge in [0.15, 0.2) is 6.10 Å². The number of carbonyl (C=O) groups excluding carboxylic acids is 1.